The van der Waals surface area contributed by atoms with Crippen molar-refractivity contribution < 1.29 is 4.21 Å². The third-order valence-corrected chi connectivity index (χ3v) is 7.92. The fraction of sp³-hybridized carbons (Fsp3) is 0.135. The van der Waals surface area contributed by atoms with Crippen molar-refractivity contribution in [3.63, 3.8) is 0 Å². The molecule has 0 bridgehead atoms. The van der Waals surface area contributed by atoms with E-state index >= 15 is 0 Å². The Morgan fingerprint density at radius 3 is 1.25 bits per heavy atom. The van der Waals surface area contributed by atoms with Crippen molar-refractivity contribution in [3.8, 4) is 0 Å². The van der Waals surface area contributed by atoms with E-state index in [2.05, 4.69) is 122 Å². The standard InChI is InChI=1S/C22H24B.C15H13OS/c1-2-3-19-23(20-13-7-4-8-14-20,21-15-9-5-10-16-21)22-17-11-6-12-18-22;16-17-12-11-15(13-7-3-1-4-8-13)14-9-5-2-6-10-14/h4-18H,2-3,19H2,1H3;1-11H,12H2/q-1;+1. The van der Waals surface area contributed by atoms with E-state index in [4.69, 9.17) is 0 Å². The van der Waals surface area contributed by atoms with E-state index in [9.17, 15) is 4.21 Å². The van der Waals surface area contributed by atoms with E-state index < -0.39 is 6.15 Å². The van der Waals surface area contributed by atoms with Crippen molar-refractivity contribution in [1.29, 1.82) is 0 Å². The summed E-state index contributed by atoms with van der Waals surface area (Å²) in [5, 5.41) is 0. The Hall–Kier alpha value is -4.08. The quantitative estimate of drug-likeness (QED) is 0.132. The molecule has 0 heterocycles. The maximum absolute atomic E-state index is 10.6. The van der Waals surface area contributed by atoms with Crippen molar-refractivity contribution in [1.82, 2.24) is 0 Å². The second-order valence-electron chi connectivity index (χ2n) is 10.1. The van der Waals surface area contributed by atoms with Gasteiger partial charge in [0.25, 0.3) is 0 Å². The molecular weight excluding hydrogens is 503 g/mol. The van der Waals surface area contributed by atoms with Crippen LogP contribution in [-0.4, -0.2) is 11.9 Å². The van der Waals surface area contributed by atoms with Crippen molar-refractivity contribution >= 4 is 39.8 Å². The van der Waals surface area contributed by atoms with Crippen LogP contribution in [0, 0.1) is 0 Å². The summed E-state index contributed by atoms with van der Waals surface area (Å²) in [4.78, 5) is 0. The molecule has 0 amide bonds. The topological polar surface area (TPSA) is 17.1 Å². The molecule has 200 valence electrons. The molecule has 3 heteroatoms. The van der Waals surface area contributed by atoms with Crippen LogP contribution in [0.3, 0.4) is 0 Å². The second-order valence-corrected chi connectivity index (χ2v) is 10.6. The zero-order valence-electron chi connectivity index (χ0n) is 23.2. The lowest BCUT2D eigenvalue weighted by Gasteiger charge is -2.43. The maximum Gasteiger partial charge on any atom is 0.463 e. The highest BCUT2D eigenvalue weighted by atomic mass is 32.1. The molecule has 0 radical (unpaired) electrons. The van der Waals surface area contributed by atoms with Gasteiger partial charge in [-0.25, -0.2) is 0 Å². The summed E-state index contributed by atoms with van der Waals surface area (Å²) in [6, 6.07) is 53.4. The highest BCUT2D eigenvalue weighted by Gasteiger charge is 2.28. The van der Waals surface area contributed by atoms with Gasteiger partial charge in [-0.1, -0.05) is 171 Å². The molecule has 1 nitrogen and oxygen atoms in total. The molecule has 0 atom stereocenters. The lowest BCUT2D eigenvalue weighted by atomic mass is 9.14. The van der Waals surface area contributed by atoms with E-state index in [1.165, 1.54) is 35.6 Å². The molecule has 5 aromatic rings. The van der Waals surface area contributed by atoms with Gasteiger partial charge < -0.3 is 0 Å². The van der Waals surface area contributed by atoms with Crippen LogP contribution in [0.25, 0.3) is 5.57 Å². The monoisotopic (exact) mass is 540 g/mol. The van der Waals surface area contributed by atoms with Gasteiger partial charge in [0.2, 0.25) is 5.75 Å². The van der Waals surface area contributed by atoms with Gasteiger partial charge in [0.05, 0.1) is 6.15 Å². The fourth-order valence-electron chi connectivity index (χ4n) is 5.69. The SMILES string of the molecule is CCCC[B-](c1ccccc1)(c1ccccc1)c1ccccc1.O=[S+]CC=C(c1ccccc1)c1ccccc1. The molecule has 5 aromatic carbocycles. The smallest absolute Gasteiger partial charge is 0.200 e. The van der Waals surface area contributed by atoms with Gasteiger partial charge in [0, 0.05) is 4.21 Å². The number of unbranched alkanes of at least 4 members (excludes halogenated alkanes) is 1. The summed E-state index contributed by atoms with van der Waals surface area (Å²) in [5.74, 6) is 0.485. The Bertz CT molecular complexity index is 1300. The lowest BCUT2D eigenvalue weighted by Crippen LogP contribution is -2.66. The first-order valence-electron chi connectivity index (χ1n) is 14.2. The predicted octanol–water partition coefficient (Wildman–Crippen LogP) is 7.50. The van der Waals surface area contributed by atoms with E-state index in [1.807, 2.05) is 42.5 Å². The van der Waals surface area contributed by atoms with Crippen LogP contribution in [0.4, 0.5) is 0 Å². The first-order chi connectivity index (χ1) is 19.8. The molecule has 0 aliphatic carbocycles. The molecule has 0 saturated carbocycles. The Kier molecular flexibility index (Phi) is 11.2. The third kappa shape index (κ3) is 7.31. The molecule has 0 saturated heterocycles. The molecule has 0 aliphatic heterocycles. The summed E-state index contributed by atoms with van der Waals surface area (Å²) < 4.78 is 10.6. The molecule has 0 aromatic heterocycles. The van der Waals surface area contributed by atoms with E-state index in [0.29, 0.717) is 17.4 Å². The summed E-state index contributed by atoms with van der Waals surface area (Å²) in [7, 11) is 0. The molecule has 40 heavy (non-hydrogen) atoms. The summed E-state index contributed by atoms with van der Waals surface area (Å²) in [5.41, 5.74) is 7.74. The predicted molar refractivity (Wildman–Crippen MR) is 177 cm³/mol. The Labute approximate surface area is 244 Å². The molecule has 0 aliphatic rings. The first kappa shape index (κ1) is 28.9. The van der Waals surface area contributed by atoms with Crippen molar-refractivity contribution in [2.45, 2.75) is 26.1 Å². The Balaban J connectivity index is 0.000000194. The molecule has 0 fully saturated rings. The highest BCUT2D eigenvalue weighted by molar-refractivity contribution is 7.65. The molecule has 0 unspecified atom stereocenters. The Morgan fingerprint density at radius 2 is 0.925 bits per heavy atom. The van der Waals surface area contributed by atoms with Crippen LogP contribution in [0.2, 0.25) is 6.32 Å². The van der Waals surface area contributed by atoms with Crippen LogP contribution in [0.15, 0.2) is 158 Å². The number of hydrogen-bond acceptors (Lipinski definition) is 1. The largest absolute Gasteiger partial charge is 0.463 e. The van der Waals surface area contributed by atoms with E-state index in [0.717, 1.165) is 16.7 Å². The molecule has 0 N–H and O–H groups in total. The van der Waals surface area contributed by atoms with Crippen molar-refractivity contribution in [3.05, 3.63) is 169 Å². The van der Waals surface area contributed by atoms with Crippen LogP contribution in [-0.2, 0) is 15.9 Å². The van der Waals surface area contributed by atoms with Gasteiger partial charge in [0.15, 0.2) is 0 Å². The fourth-order valence-corrected chi connectivity index (χ4v) is 5.92. The minimum absolute atomic E-state index is 0.485. The Morgan fingerprint density at radius 1 is 0.575 bits per heavy atom. The second kappa shape index (κ2) is 15.5. The minimum atomic E-state index is -0.913. The molecule has 5 rings (SSSR count). The highest BCUT2D eigenvalue weighted by Crippen LogP contribution is 2.22. The summed E-state index contributed by atoms with van der Waals surface area (Å²) >= 11 is 0.593. The van der Waals surface area contributed by atoms with Crippen LogP contribution in [0.5, 0.6) is 0 Å². The van der Waals surface area contributed by atoms with Crippen LogP contribution >= 0.6 is 0 Å². The number of hydrogen-bond donors (Lipinski definition) is 0. The molecule has 0 spiro atoms. The normalized spacial score (nSPS) is 10.6. The van der Waals surface area contributed by atoms with E-state index in [-0.39, 0.29) is 0 Å². The maximum atomic E-state index is 10.6. The molecular formula is C37H37BOS. The number of benzene rings is 5. The van der Waals surface area contributed by atoms with Crippen LogP contribution in [0.1, 0.15) is 30.9 Å². The third-order valence-electron chi connectivity index (χ3n) is 7.62. The number of rotatable bonds is 10. The van der Waals surface area contributed by atoms with Gasteiger partial charge >= 0.3 is 11.7 Å². The summed E-state index contributed by atoms with van der Waals surface area (Å²) in [6.45, 7) is 2.28. The summed E-state index contributed by atoms with van der Waals surface area (Å²) in [6.07, 6.45) is 4.72. The minimum Gasteiger partial charge on any atom is -0.200 e. The van der Waals surface area contributed by atoms with Gasteiger partial charge in [-0.3, -0.25) is 0 Å². The van der Waals surface area contributed by atoms with Crippen molar-refractivity contribution in [2.75, 3.05) is 5.75 Å². The van der Waals surface area contributed by atoms with Gasteiger partial charge in [-0.05, 0) is 22.8 Å². The van der Waals surface area contributed by atoms with Gasteiger partial charge in [0.1, 0.15) is 0 Å². The van der Waals surface area contributed by atoms with Crippen LogP contribution < -0.4 is 16.4 Å². The zero-order chi connectivity index (χ0) is 27.9. The van der Waals surface area contributed by atoms with Crippen molar-refractivity contribution in [2.24, 2.45) is 0 Å². The van der Waals surface area contributed by atoms with Gasteiger partial charge in [-0.15, -0.1) is 0 Å². The average Bonchev–Trinajstić information content (AvgIpc) is 3.05. The van der Waals surface area contributed by atoms with E-state index in [1.54, 1.807) is 0 Å². The average molecular weight is 541 g/mol. The lowest BCUT2D eigenvalue weighted by molar-refractivity contribution is 0.606. The zero-order valence-corrected chi connectivity index (χ0v) is 24.0. The van der Waals surface area contributed by atoms with Gasteiger partial charge in [-0.2, -0.15) is 22.7 Å². The first-order valence-corrected chi connectivity index (χ1v) is 15.1.